The van der Waals surface area contributed by atoms with E-state index in [0.29, 0.717) is 11.6 Å². The van der Waals surface area contributed by atoms with Gasteiger partial charge in [-0.15, -0.1) is 0 Å². The first-order valence-corrected chi connectivity index (χ1v) is 9.86. The molecular weight excluding hydrogens is 296 g/mol. The van der Waals surface area contributed by atoms with Gasteiger partial charge in [-0.1, -0.05) is 45.4 Å². The van der Waals surface area contributed by atoms with Gasteiger partial charge in [-0.3, -0.25) is 4.90 Å². The Morgan fingerprint density at radius 2 is 1.46 bits per heavy atom. The SMILES string of the molecule is CCCCC(N)C1(N(C)C)CCCC1.CN(C)C1(C#N)CCCC1. The van der Waals surface area contributed by atoms with Crippen LogP contribution >= 0.6 is 0 Å². The summed E-state index contributed by atoms with van der Waals surface area (Å²) in [6.07, 6.45) is 13.6. The predicted molar refractivity (Wildman–Crippen MR) is 103 cm³/mol. The van der Waals surface area contributed by atoms with Gasteiger partial charge in [-0.05, 0) is 60.3 Å². The van der Waals surface area contributed by atoms with E-state index in [9.17, 15) is 0 Å². The molecule has 2 aliphatic rings. The molecule has 0 aromatic carbocycles. The van der Waals surface area contributed by atoms with Crippen LogP contribution in [-0.4, -0.2) is 55.1 Å². The van der Waals surface area contributed by atoms with Gasteiger partial charge >= 0.3 is 0 Å². The molecule has 24 heavy (non-hydrogen) atoms. The van der Waals surface area contributed by atoms with Gasteiger partial charge in [0.2, 0.25) is 0 Å². The van der Waals surface area contributed by atoms with Crippen LogP contribution in [0.5, 0.6) is 0 Å². The molecule has 2 aliphatic carbocycles. The summed E-state index contributed by atoms with van der Waals surface area (Å²) in [5.41, 5.74) is 6.55. The number of unbranched alkanes of at least 4 members (excludes halogenated alkanes) is 1. The van der Waals surface area contributed by atoms with Crippen molar-refractivity contribution in [3.63, 3.8) is 0 Å². The van der Waals surface area contributed by atoms with E-state index in [1.54, 1.807) is 0 Å². The smallest absolute Gasteiger partial charge is 0.108 e. The van der Waals surface area contributed by atoms with Gasteiger partial charge in [0.05, 0.1) is 6.07 Å². The molecule has 0 spiro atoms. The first-order valence-electron chi connectivity index (χ1n) is 9.86. The number of hydrogen-bond acceptors (Lipinski definition) is 4. The van der Waals surface area contributed by atoms with Crippen LogP contribution in [0.2, 0.25) is 0 Å². The largest absolute Gasteiger partial charge is 0.326 e. The average molecular weight is 337 g/mol. The lowest BCUT2D eigenvalue weighted by Gasteiger charge is -2.41. The summed E-state index contributed by atoms with van der Waals surface area (Å²) >= 11 is 0. The Morgan fingerprint density at radius 1 is 0.958 bits per heavy atom. The van der Waals surface area contributed by atoms with Gasteiger partial charge in [0, 0.05) is 11.6 Å². The van der Waals surface area contributed by atoms with Crippen LogP contribution < -0.4 is 5.73 Å². The summed E-state index contributed by atoms with van der Waals surface area (Å²) in [7, 11) is 8.37. The van der Waals surface area contributed by atoms with Crippen LogP contribution in [0.3, 0.4) is 0 Å². The van der Waals surface area contributed by atoms with Crippen molar-refractivity contribution in [2.75, 3.05) is 28.2 Å². The molecule has 0 amide bonds. The molecule has 2 rings (SSSR count). The molecule has 0 saturated heterocycles. The van der Waals surface area contributed by atoms with Gasteiger partial charge in [0.15, 0.2) is 0 Å². The lowest BCUT2D eigenvalue weighted by atomic mass is 9.84. The van der Waals surface area contributed by atoms with E-state index >= 15 is 0 Å². The van der Waals surface area contributed by atoms with Crippen molar-refractivity contribution >= 4 is 0 Å². The number of nitrogens with zero attached hydrogens (tertiary/aromatic N) is 3. The second-order valence-electron chi connectivity index (χ2n) is 8.20. The average Bonchev–Trinajstić information content (AvgIpc) is 3.23. The van der Waals surface area contributed by atoms with Crippen molar-refractivity contribution in [2.24, 2.45) is 5.73 Å². The number of rotatable bonds is 6. The highest BCUT2D eigenvalue weighted by Crippen LogP contribution is 2.37. The molecule has 1 unspecified atom stereocenters. The zero-order valence-electron chi connectivity index (χ0n) is 16.8. The van der Waals surface area contributed by atoms with Gasteiger partial charge in [0.1, 0.15) is 5.54 Å². The maximum absolute atomic E-state index is 8.90. The van der Waals surface area contributed by atoms with Crippen molar-refractivity contribution in [3.05, 3.63) is 0 Å². The molecule has 0 aromatic heterocycles. The monoisotopic (exact) mass is 336 g/mol. The number of nitriles is 1. The van der Waals surface area contributed by atoms with E-state index in [0.717, 1.165) is 12.8 Å². The van der Waals surface area contributed by atoms with Gasteiger partial charge in [-0.25, -0.2) is 0 Å². The number of nitrogens with two attached hydrogens (primary N) is 1. The Bertz CT molecular complexity index is 385. The summed E-state index contributed by atoms with van der Waals surface area (Å²) in [5, 5.41) is 8.90. The predicted octanol–water partition coefficient (Wildman–Crippen LogP) is 3.76. The van der Waals surface area contributed by atoms with E-state index in [1.165, 1.54) is 57.8 Å². The molecule has 140 valence electrons. The molecule has 0 aliphatic heterocycles. The van der Waals surface area contributed by atoms with E-state index in [4.69, 9.17) is 11.0 Å². The van der Waals surface area contributed by atoms with E-state index in [2.05, 4.69) is 36.9 Å². The summed E-state index contributed by atoms with van der Waals surface area (Å²) < 4.78 is 0. The molecule has 0 bridgehead atoms. The van der Waals surface area contributed by atoms with Crippen LogP contribution in [0.15, 0.2) is 0 Å². The maximum Gasteiger partial charge on any atom is 0.108 e. The topological polar surface area (TPSA) is 56.3 Å². The molecule has 1 atom stereocenters. The lowest BCUT2D eigenvalue weighted by Crippen LogP contribution is -2.55. The zero-order valence-corrected chi connectivity index (χ0v) is 16.8. The standard InChI is InChI=1S/C12H26N2.C8H14N2/c1-4-5-8-11(13)12(14(2)3)9-6-7-10-12;1-10(2)8(7-9)5-3-4-6-8/h11H,4-10,13H2,1-3H3;3-6H2,1-2H3. The summed E-state index contributed by atoms with van der Waals surface area (Å²) in [4.78, 5) is 4.43. The zero-order chi connectivity index (χ0) is 18.2. The number of hydrogen-bond donors (Lipinski definition) is 1. The summed E-state index contributed by atoms with van der Waals surface area (Å²) in [5.74, 6) is 0. The first kappa shape index (κ1) is 21.4. The highest BCUT2D eigenvalue weighted by Gasteiger charge is 2.40. The Hall–Kier alpha value is -0.630. The number of likely N-dealkylation sites (N-methyl/N-ethyl adjacent to an activating group) is 1. The van der Waals surface area contributed by atoms with E-state index in [-0.39, 0.29) is 5.54 Å². The summed E-state index contributed by atoms with van der Waals surface area (Å²) in [6.45, 7) is 2.24. The molecular formula is C20H40N4. The lowest BCUT2D eigenvalue weighted by molar-refractivity contribution is 0.118. The normalized spacial score (nSPS) is 23.0. The Kier molecular flexibility index (Phi) is 8.70. The second kappa shape index (κ2) is 9.75. The molecule has 0 aromatic rings. The van der Waals surface area contributed by atoms with Crippen LogP contribution in [0.25, 0.3) is 0 Å². The van der Waals surface area contributed by atoms with E-state index in [1.807, 2.05) is 14.1 Å². The molecule has 2 N–H and O–H groups in total. The minimum Gasteiger partial charge on any atom is -0.326 e. The van der Waals surface area contributed by atoms with Gasteiger partial charge in [0.25, 0.3) is 0 Å². The van der Waals surface area contributed by atoms with Gasteiger partial charge < -0.3 is 10.6 Å². The highest BCUT2D eigenvalue weighted by atomic mass is 15.2. The minimum atomic E-state index is -0.125. The molecule has 0 heterocycles. The Balaban J connectivity index is 0.000000254. The van der Waals surface area contributed by atoms with Crippen LogP contribution in [0.4, 0.5) is 0 Å². The van der Waals surface area contributed by atoms with Crippen LogP contribution in [-0.2, 0) is 0 Å². The second-order valence-corrected chi connectivity index (χ2v) is 8.20. The molecule has 2 saturated carbocycles. The van der Waals surface area contributed by atoms with Crippen LogP contribution in [0.1, 0.15) is 77.6 Å². The minimum absolute atomic E-state index is 0.125. The Morgan fingerprint density at radius 3 is 1.79 bits per heavy atom. The van der Waals surface area contributed by atoms with Crippen molar-refractivity contribution in [1.29, 1.82) is 5.26 Å². The highest BCUT2D eigenvalue weighted by molar-refractivity contribution is 5.09. The third-order valence-corrected chi connectivity index (χ3v) is 6.41. The van der Waals surface area contributed by atoms with E-state index < -0.39 is 0 Å². The van der Waals surface area contributed by atoms with Crippen molar-refractivity contribution < 1.29 is 0 Å². The third kappa shape index (κ3) is 4.94. The maximum atomic E-state index is 8.90. The van der Waals surface area contributed by atoms with Crippen LogP contribution in [0, 0.1) is 11.3 Å². The van der Waals surface area contributed by atoms with Crippen molar-refractivity contribution in [2.45, 2.75) is 94.7 Å². The van der Waals surface area contributed by atoms with Crippen molar-refractivity contribution in [1.82, 2.24) is 9.80 Å². The molecule has 2 fully saturated rings. The quantitative estimate of drug-likeness (QED) is 0.802. The van der Waals surface area contributed by atoms with Crippen molar-refractivity contribution in [3.8, 4) is 6.07 Å². The first-order chi connectivity index (χ1) is 11.3. The fourth-order valence-electron chi connectivity index (χ4n) is 4.45. The summed E-state index contributed by atoms with van der Waals surface area (Å²) in [6, 6.07) is 2.78. The fraction of sp³-hybridized carbons (Fsp3) is 0.950. The molecule has 4 heteroatoms. The van der Waals surface area contributed by atoms with Gasteiger partial charge in [-0.2, -0.15) is 5.26 Å². The molecule has 0 radical (unpaired) electrons. The Labute approximate surface area is 150 Å². The third-order valence-electron chi connectivity index (χ3n) is 6.41. The fourth-order valence-corrected chi connectivity index (χ4v) is 4.45. The molecule has 4 nitrogen and oxygen atoms in total.